The number of aryl methyl sites for hydroxylation is 2. The van der Waals surface area contributed by atoms with Gasteiger partial charge in [-0.2, -0.15) is 0 Å². The van der Waals surface area contributed by atoms with E-state index < -0.39 is 6.10 Å². The number of aliphatic hydroxyl groups is 1. The van der Waals surface area contributed by atoms with Crippen molar-refractivity contribution in [2.75, 3.05) is 33.9 Å². The molecule has 0 spiro atoms. The summed E-state index contributed by atoms with van der Waals surface area (Å²) >= 11 is 6.67. The number of carbonyl (C=O) groups excluding carboxylic acids is 1. The number of halogens is 1. The van der Waals surface area contributed by atoms with E-state index in [0.717, 1.165) is 47.5 Å². The van der Waals surface area contributed by atoms with E-state index in [1.54, 1.807) is 30.1 Å². The molecule has 3 atom stereocenters. The van der Waals surface area contributed by atoms with Crippen molar-refractivity contribution in [2.45, 2.75) is 59.1 Å². The molecular formula is C29H38ClN5O5. The smallest absolute Gasteiger partial charge is 0.409 e. The number of benzene rings is 1. The summed E-state index contributed by atoms with van der Waals surface area (Å²) in [6, 6.07) is 5.38. The van der Waals surface area contributed by atoms with Crippen LogP contribution in [0.1, 0.15) is 42.5 Å². The standard InChI is InChI=1S/C29H38ClN5O5/c1-16-11-20(9-10-35(16)29(37)38-6)12-25-17(2)27(26-18(3)34-40-19(26)4)33-28(32-25)23-13-22(7-8-24(23)30)39-15-21(36)14-31-5/h7-8,13,16,20-21,31,36H,9-12,14-15H2,1-6H3/t16-,20+,21+/m1/s1. The van der Waals surface area contributed by atoms with Crippen molar-refractivity contribution in [3.05, 3.63) is 45.9 Å². The van der Waals surface area contributed by atoms with Gasteiger partial charge < -0.3 is 29.3 Å². The third kappa shape index (κ3) is 6.56. The highest BCUT2D eigenvalue weighted by Crippen LogP contribution is 2.36. The molecule has 0 aliphatic carbocycles. The second-order valence-corrected chi connectivity index (χ2v) is 10.8. The van der Waals surface area contributed by atoms with Gasteiger partial charge in [-0.05, 0) is 83.7 Å². The van der Waals surface area contributed by atoms with Crippen LogP contribution in [0.2, 0.25) is 5.02 Å². The van der Waals surface area contributed by atoms with Crippen molar-refractivity contribution in [3.63, 3.8) is 0 Å². The highest BCUT2D eigenvalue weighted by molar-refractivity contribution is 6.33. The van der Waals surface area contributed by atoms with Crippen LogP contribution in [-0.2, 0) is 11.2 Å². The van der Waals surface area contributed by atoms with Gasteiger partial charge in [0.25, 0.3) is 0 Å². The lowest BCUT2D eigenvalue weighted by Crippen LogP contribution is -2.45. The first-order valence-electron chi connectivity index (χ1n) is 13.5. The summed E-state index contributed by atoms with van der Waals surface area (Å²) in [6.45, 7) is 9.04. The van der Waals surface area contributed by atoms with Gasteiger partial charge >= 0.3 is 6.09 Å². The van der Waals surface area contributed by atoms with Crippen LogP contribution in [0.4, 0.5) is 4.79 Å². The molecule has 2 aromatic heterocycles. The lowest BCUT2D eigenvalue weighted by molar-refractivity contribution is 0.0809. The fraction of sp³-hybridized carbons (Fsp3) is 0.517. The van der Waals surface area contributed by atoms with Crippen LogP contribution in [0.25, 0.3) is 22.6 Å². The number of aliphatic hydroxyl groups excluding tert-OH is 1. The van der Waals surface area contributed by atoms with E-state index in [1.165, 1.54) is 7.11 Å². The fourth-order valence-electron chi connectivity index (χ4n) is 5.32. The van der Waals surface area contributed by atoms with E-state index >= 15 is 0 Å². The zero-order valence-corrected chi connectivity index (χ0v) is 24.7. The molecule has 10 nitrogen and oxygen atoms in total. The largest absolute Gasteiger partial charge is 0.491 e. The molecule has 11 heteroatoms. The maximum absolute atomic E-state index is 12.1. The van der Waals surface area contributed by atoms with E-state index in [1.807, 2.05) is 20.8 Å². The number of likely N-dealkylation sites (N-methyl/N-ethyl adjacent to an activating group) is 1. The van der Waals surface area contributed by atoms with Gasteiger partial charge in [-0.25, -0.2) is 14.8 Å². The molecule has 3 heterocycles. The number of nitrogens with one attached hydrogen (secondary N) is 1. The number of hydrogen-bond donors (Lipinski definition) is 2. The highest BCUT2D eigenvalue weighted by Gasteiger charge is 2.31. The van der Waals surface area contributed by atoms with Gasteiger partial charge in [-0.15, -0.1) is 0 Å². The number of aromatic nitrogens is 3. The number of amides is 1. The topological polar surface area (TPSA) is 123 Å². The van der Waals surface area contributed by atoms with E-state index in [2.05, 4.69) is 17.4 Å². The minimum absolute atomic E-state index is 0.0661. The van der Waals surface area contributed by atoms with Crippen molar-refractivity contribution in [3.8, 4) is 28.4 Å². The van der Waals surface area contributed by atoms with Gasteiger partial charge in [0.2, 0.25) is 0 Å². The molecule has 40 heavy (non-hydrogen) atoms. The Morgan fingerprint density at radius 3 is 2.73 bits per heavy atom. The van der Waals surface area contributed by atoms with Gasteiger partial charge in [0, 0.05) is 30.4 Å². The lowest BCUT2D eigenvalue weighted by atomic mass is 9.86. The van der Waals surface area contributed by atoms with Crippen LogP contribution in [0.3, 0.4) is 0 Å². The quantitative estimate of drug-likeness (QED) is 0.374. The normalized spacial score (nSPS) is 18.1. The highest BCUT2D eigenvalue weighted by atomic mass is 35.5. The number of nitrogens with zero attached hydrogens (tertiary/aromatic N) is 4. The number of rotatable bonds is 9. The molecule has 216 valence electrons. The first-order valence-corrected chi connectivity index (χ1v) is 13.9. The molecule has 0 bridgehead atoms. The van der Waals surface area contributed by atoms with Gasteiger partial charge in [0.05, 0.1) is 29.1 Å². The Kier molecular flexibility index (Phi) is 9.65. The van der Waals surface area contributed by atoms with Crippen LogP contribution < -0.4 is 10.1 Å². The van der Waals surface area contributed by atoms with Crippen LogP contribution in [-0.4, -0.2) is 77.2 Å². The average Bonchev–Trinajstić information content (AvgIpc) is 3.26. The van der Waals surface area contributed by atoms with Crippen molar-refractivity contribution >= 4 is 17.7 Å². The molecule has 1 saturated heterocycles. The number of piperidine rings is 1. The van der Waals surface area contributed by atoms with Gasteiger partial charge in [0.15, 0.2) is 5.82 Å². The second-order valence-electron chi connectivity index (χ2n) is 10.4. The Labute approximate surface area is 240 Å². The predicted molar refractivity (Wildman–Crippen MR) is 153 cm³/mol. The Morgan fingerprint density at radius 2 is 2.08 bits per heavy atom. The second kappa shape index (κ2) is 13.0. The molecule has 1 aliphatic heterocycles. The molecule has 3 aromatic rings. The molecule has 2 N–H and O–H groups in total. The summed E-state index contributed by atoms with van der Waals surface area (Å²) in [6.07, 6.45) is 1.47. The number of hydrogen-bond acceptors (Lipinski definition) is 9. The first-order chi connectivity index (χ1) is 19.1. The summed E-state index contributed by atoms with van der Waals surface area (Å²) in [5.41, 5.74) is 4.84. The summed E-state index contributed by atoms with van der Waals surface area (Å²) in [5, 5.41) is 17.6. The van der Waals surface area contributed by atoms with Crippen LogP contribution >= 0.6 is 11.6 Å². The summed E-state index contributed by atoms with van der Waals surface area (Å²) in [7, 11) is 3.19. The number of likely N-dealkylation sites (tertiary alicyclic amines) is 1. The molecule has 1 aromatic carbocycles. The Morgan fingerprint density at radius 1 is 1.30 bits per heavy atom. The van der Waals surface area contributed by atoms with E-state index in [0.29, 0.717) is 46.9 Å². The Bertz CT molecular complexity index is 1330. The zero-order valence-electron chi connectivity index (χ0n) is 24.0. The van der Waals surface area contributed by atoms with E-state index in [4.69, 9.17) is 35.6 Å². The van der Waals surface area contributed by atoms with Gasteiger partial charge in [0.1, 0.15) is 24.2 Å². The van der Waals surface area contributed by atoms with Crippen molar-refractivity contribution in [1.29, 1.82) is 0 Å². The summed E-state index contributed by atoms with van der Waals surface area (Å²) in [4.78, 5) is 23.9. The van der Waals surface area contributed by atoms with Gasteiger partial charge in [-0.3, -0.25) is 0 Å². The van der Waals surface area contributed by atoms with Crippen molar-refractivity contribution < 1.29 is 23.9 Å². The molecule has 4 rings (SSSR count). The monoisotopic (exact) mass is 571 g/mol. The Hall–Kier alpha value is -3.21. The molecular weight excluding hydrogens is 534 g/mol. The van der Waals surface area contributed by atoms with Crippen molar-refractivity contribution in [2.24, 2.45) is 5.92 Å². The van der Waals surface area contributed by atoms with Crippen LogP contribution in [0.5, 0.6) is 5.75 Å². The maximum atomic E-state index is 12.1. The SMILES string of the molecule is CNC[C@H](O)COc1ccc(Cl)c(-c2nc(C[C@H]3CCN(C(=O)OC)[C@H](C)C3)c(C)c(-c3c(C)noc3C)n2)c1. The van der Waals surface area contributed by atoms with Crippen LogP contribution in [0, 0.1) is 26.7 Å². The minimum Gasteiger partial charge on any atom is -0.491 e. The van der Waals surface area contributed by atoms with Crippen LogP contribution in [0.15, 0.2) is 22.7 Å². The average molecular weight is 572 g/mol. The Balaban J connectivity index is 1.71. The summed E-state index contributed by atoms with van der Waals surface area (Å²) < 4.78 is 16.3. The summed E-state index contributed by atoms with van der Waals surface area (Å²) in [5.74, 6) is 2.04. The van der Waals surface area contributed by atoms with E-state index in [-0.39, 0.29) is 18.7 Å². The number of ether oxygens (including phenoxy) is 2. The molecule has 1 aliphatic rings. The molecule has 1 fully saturated rings. The predicted octanol–water partition coefficient (Wildman–Crippen LogP) is 4.75. The van der Waals surface area contributed by atoms with Gasteiger partial charge in [-0.1, -0.05) is 16.8 Å². The number of carbonyl (C=O) groups is 1. The maximum Gasteiger partial charge on any atom is 0.409 e. The van der Waals surface area contributed by atoms with Crippen molar-refractivity contribution in [1.82, 2.24) is 25.3 Å². The molecule has 0 radical (unpaired) electrons. The zero-order chi connectivity index (χ0) is 29.0. The molecule has 0 saturated carbocycles. The van der Waals surface area contributed by atoms with E-state index in [9.17, 15) is 9.90 Å². The third-order valence-electron chi connectivity index (χ3n) is 7.45. The third-order valence-corrected chi connectivity index (χ3v) is 7.78. The molecule has 0 unspecified atom stereocenters. The lowest BCUT2D eigenvalue weighted by Gasteiger charge is -2.36. The number of methoxy groups -OCH3 is 1. The fourth-order valence-corrected chi connectivity index (χ4v) is 5.52. The molecule has 1 amide bonds. The first kappa shape index (κ1) is 29.8. The minimum atomic E-state index is -0.648.